The fraction of sp³-hybridized carbons (Fsp3) is 0.727. The number of allylic oxidation sites excluding steroid dienone is 1. The van der Waals surface area contributed by atoms with Crippen LogP contribution in [0.25, 0.3) is 0 Å². The molecule has 1 unspecified atom stereocenters. The molecule has 0 heterocycles. The molecule has 1 aliphatic rings. The zero-order chi connectivity index (χ0) is 10.2. The summed E-state index contributed by atoms with van der Waals surface area (Å²) in [4.78, 5) is 10.9. The van der Waals surface area contributed by atoms with Crippen LogP contribution in [0, 0.1) is 0 Å². The van der Waals surface area contributed by atoms with Crippen molar-refractivity contribution in [2.24, 2.45) is 0 Å². The predicted octanol–water partition coefficient (Wildman–Crippen LogP) is 1.64. The molecule has 0 spiro atoms. The van der Waals surface area contributed by atoms with Crippen LogP contribution < -0.4 is 5.32 Å². The number of hydrogen-bond acceptors (Lipinski definition) is 2. The molecule has 1 N–H and O–H groups in total. The van der Waals surface area contributed by atoms with Gasteiger partial charge in [0, 0.05) is 7.05 Å². The maximum absolute atomic E-state index is 10.9. The fourth-order valence-electron chi connectivity index (χ4n) is 1.52. The van der Waals surface area contributed by atoms with Crippen LogP contribution in [0.4, 0.5) is 0 Å². The summed E-state index contributed by atoms with van der Waals surface area (Å²) < 4.78 is 5.47. The summed E-state index contributed by atoms with van der Waals surface area (Å²) >= 11 is 0. The van der Waals surface area contributed by atoms with Crippen molar-refractivity contribution in [3.63, 3.8) is 0 Å². The number of carbonyl (C=O) groups is 1. The highest BCUT2D eigenvalue weighted by Gasteiger charge is 2.08. The van der Waals surface area contributed by atoms with Crippen LogP contribution in [-0.4, -0.2) is 25.7 Å². The van der Waals surface area contributed by atoms with E-state index in [0.29, 0.717) is 0 Å². The van der Waals surface area contributed by atoms with Gasteiger partial charge >= 0.3 is 0 Å². The average molecular weight is 197 g/mol. The van der Waals surface area contributed by atoms with Crippen molar-refractivity contribution in [3.8, 4) is 0 Å². The minimum absolute atomic E-state index is 0.0551. The lowest BCUT2D eigenvalue weighted by molar-refractivity contribution is -0.126. The average Bonchev–Trinajstić information content (AvgIpc) is 2.15. The van der Waals surface area contributed by atoms with E-state index >= 15 is 0 Å². The van der Waals surface area contributed by atoms with E-state index in [4.69, 9.17) is 4.74 Å². The van der Waals surface area contributed by atoms with Crippen molar-refractivity contribution in [1.82, 2.24) is 5.32 Å². The van der Waals surface area contributed by atoms with Gasteiger partial charge in [0.1, 0.15) is 6.61 Å². The van der Waals surface area contributed by atoms with Crippen LogP contribution in [0.15, 0.2) is 12.2 Å². The molecule has 0 aliphatic heterocycles. The first kappa shape index (κ1) is 11.2. The number of hydrogen-bond donors (Lipinski definition) is 1. The van der Waals surface area contributed by atoms with Gasteiger partial charge in [0.2, 0.25) is 5.91 Å². The number of amides is 1. The van der Waals surface area contributed by atoms with Crippen molar-refractivity contribution < 1.29 is 9.53 Å². The lowest BCUT2D eigenvalue weighted by atomic mass is 10.0. The van der Waals surface area contributed by atoms with Crippen LogP contribution >= 0.6 is 0 Å². The van der Waals surface area contributed by atoms with Gasteiger partial charge in [0.15, 0.2) is 0 Å². The molecule has 1 aliphatic carbocycles. The lowest BCUT2D eigenvalue weighted by Gasteiger charge is -2.15. The van der Waals surface area contributed by atoms with Crippen LogP contribution in [-0.2, 0) is 9.53 Å². The summed E-state index contributed by atoms with van der Waals surface area (Å²) in [5, 5.41) is 2.54. The SMILES string of the molecule is CNC(=O)COC1C=CCCCCC1. The Morgan fingerprint density at radius 2 is 2.36 bits per heavy atom. The topological polar surface area (TPSA) is 38.3 Å². The van der Waals surface area contributed by atoms with Crippen molar-refractivity contribution in [2.75, 3.05) is 13.7 Å². The largest absolute Gasteiger partial charge is 0.364 e. The molecule has 0 saturated heterocycles. The molecule has 0 aromatic rings. The molecule has 1 atom stereocenters. The van der Waals surface area contributed by atoms with E-state index in [1.54, 1.807) is 7.05 Å². The van der Waals surface area contributed by atoms with Gasteiger partial charge in [-0.25, -0.2) is 0 Å². The maximum Gasteiger partial charge on any atom is 0.245 e. The monoisotopic (exact) mass is 197 g/mol. The van der Waals surface area contributed by atoms with Crippen LogP contribution in [0.2, 0.25) is 0 Å². The van der Waals surface area contributed by atoms with Gasteiger partial charge in [-0.3, -0.25) is 4.79 Å². The molecule has 0 bridgehead atoms. The molecule has 1 amide bonds. The van der Waals surface area contributed by atoms with Gasteiger partial charge in [-0.05, 0) is 19.3 Å². The molecule has 3 nitrogen and oxygen atoms in total. The van der Waals surface area contributed by atoms with Gasteiger partial charge in [-0.1, -0.05) is 25.0 Å². The second-order valence-electron chi connectivity index (χ2n) is 3.59. The maximum atomic E-state index is 10.9. The summed E-state index contributed by atoms with van der Waals surface area (Å²) in [6.07, 6.45) is 10.3. The Balaban J connectivity index is 2.26. The van der Waals surface area contributed by atoms with Crippen molar-refractivity contribution >= 4 is 5.91 Å². The third kappa shape index (κ3) is 4.42. The van der Waals surface area contributed by atoms with Gasteiger partial charge in [-0.15, -0.1) is 0 Å². The van der Waals surface area contributed by atoms with E-state index in [0.717, 1.165) is 12.8 Å². The summed E-state index contributed by atoms with van der Waals surface area (Å²) in [7, 11) is 1.62. The predicted molar refractivity (Wildman–Crippen MR) is 56.0 cm³/mol. The van der Waals surface area contributed by atoms with Crippen molar-refractivity contribution in [3.05, 3.63) is 12.2 Å². The molecule has 1 rings (SSSR count). The number of nitrogens with one attached hydrogen (secondary N) is 1. The van der Waals surface area contributed by atoms with Crippen molar-refractivity contribution in [1.29, 1.82) is 0 Å². The highest BCUT2D eigenvalue weighted by molar-refractivity contribution is 5.76. The Bertz CT molecular complexity index is 201. The molecular formula is C11H19NO2. The first-order chi connectivity index (χ1) is 6.83. The Labute approximate surface area is 85.5 Å². The lowest BCUT2D eigenvalue weighted by Crippen LogP contribution is -2.26. The van der Waals surface area contributed by atoms with Crippen molar-refractivity contribution in [2.45, 2.75) is 38.2 Å². The van der Waals surface area contributed by atoms with Crippen LogP contribution in [0.3, 0.4) is 0 Å². The zero-order valence-corrected chi connectivity index (χ0v) is 8.79. The summed E-state index contributed by atoms with van der Waals surface area (Å²) in [6, 6.07) is 0. The number of rotatable bonds is 3. The fourth-order valence-corrected chi connectivity index (χ4v) is 1.52. The van der Waals surface area contributed by atoms with E-state index in [9.17, 15) is 4.79 Å². The standard InChI is InChI=1S/C11H19NO2/c1-12-11(13)9-14-10-7-5-3-2-4-6-8-10/h5,7,10H,2-4,6,8-9H2,1H3,(H,12,13). The normalized spacial score (nSPS) is 22.5. The van der Waals surface area contributed by atoms with Gasteiger partial charge < -0.3 is 10.1 Å². The minimum Gasteiger partial charge on any atom is -0.364 e. The van der Waals surface area contributed by atoms with Crippen LogP contribution in [0.1, 0.15) is 32.1 Å². The summed E-state index contributed by atoms with van der Waals surface area (Å²) in [5.41, 5.74) is 0. The highest BCUT2D eigenvalue weighted by atomic mass is 16.5. The molecule has 14 heavy (non-hydrogen) atoms. The first-order valence-electron chi connectivity index (χ1n) is 5.32. The van der Waals surface area contributed by atoms with E-state index in [-0.39, 0.29) is 18.6 Å². The van der Waals surface area contributed by atoms with E-state index in [1.807, 2.05) is 0 Å². The van der Waals surface area contributed by atoms with Gasteiger partial charge in [0.25, 0.3) is 0 Å². The first-order valence-corrected chi connectivity index (χ1v) is 5.32. The third-order valence-electron chi connectivity index (χ3n) is 2.42. The van der Waals surface area contributed by atoms with Crippen LogP contribution in [0.5, 0.6) is 0 Å². The molecule has 3 heteroatoms. The van der Waals surface area contributed by atoms with E-state index < -0.39 is 0 Å². The molecule has 0 saturated carbocycles. The van der Waals surface area contributed by atoms with Gasteiger partial charge in [0.05, 0.1) is 6.10 Å². The van der Waals surface area contributed by atoms with Gasteiger partial charge in [-0.2, -0.15) is 0 Å². The number of ether oxygens (including phenoxy) is 1. The Kier molecular flexibility index (Phi) is 5.30. The Hall–Kier alpha value is -0.830. The number of likely N-dealkylation sites (N-methyl/N-ethyl adjacent to an activating group) is 1. The highest BCUT2D eigenvalue weighted by Crippen LogP contribution is 2.13. The third-order valence-corrected chi connectivity index (χ3v) is 2.42. The molecule has 0 aromatic carbocycles. The quantitative estimate of drug-likeness (QED) is 0.698. The molecule has 0 aromatic heterocycles. The molecule has 80 valence electrons. The van der Waals surface area contributed by atoms with E-state index in [2.05, 4.69) is 17.5 Å². The van der Waals surface area contributed by atoms with E-state index in [1.165, 1.54) is 19.3 Å². The zero-order valence-electron chi connectivity index (χ0n) is 8.79. The molecule has 0 fully saturated rings. The second-order valence-corrected chi connectivity index (χ2v) is 3.59. The molecule has 0 radical (unpaired) electrons. The Morgan fingerprint density at radius 3 is 3.14 bits per heavy atom. The second kappa shape index (κ2) is 6.60. The Morgan fingerprint density at radius 1 is 1.50 bits per heavy atom. The summed E-state index contributed by atoms with van der Waals surface area (Å²) in [5.74, 6) is -0.0551. The molecular weight excluding hydrogens is 178 g/mol. The summed E-state index contributed by atoms with van der Waals surface area (Å²) in [6.45, 7) is 0.172. The smallest absolute Gasteiger partial charge is 0.245 e. The number of carbonyl (C=O) groups excluding carboxylic acids is 1. The minimum atomic E-state index is -0.0551.